The minimum absolute atomic E-state index is 0.196. The lowest BCUT2D eigenvalue weighted by Gasteiger charge is -2.14. The fraction of sp³-hybridized carbons (Fsp3) is 0.333. The van der Waals surface area contributed by atoms with Crippen molar-refractivity contribution in [2.45, 2.75) is 6.18 Å². The summed E-state index contributed by atoms with van der Waals surface area (Å²) in [5.74, 6) is -0.996. The first-order valence-corrected chi connectivity index (χ1v) is 6.68. The Morgan fingerprint density at radius 3 is 2.50 bits per heavy atom. The molecule has 0 unspecified atom stereocenters. The zero-order valence-corrected chi connectivity index (χ0v) is 12.2. The van der Waals surface area contributed by atoms with E-state index in [1.165, 1.54) is 6.07 Å². The summed E-state index contributed by atoms with van der Waals surface area (Å²) in [4.78, 5) is 24.9. The van der Waals surface area contributed by atoms with Crippen molar-refractivity contribution in [2.75, 3.05) is 19.8 Å². The predicted molar refractivity (Wildman–Crippen MR) is 71.4 cm³/mol. The van der Waals surface area contributed by atoms with Crippen LogP contribution in [-0.2, 0) is 4.74 Å². The highest BCUT2D eigenvalue weighted by Crippen LogP contribution is 2.26. The molecule has 108 valence electrons. The maximum Gasteiger partial charge on any atom is 0.411 e. The molecule has 1 aromatic carbocycles. The molecular formula is C12H9F3INO3. The molecule has 0 bridgehead atoms. The van der Waals surface area contributed by atoms with E-state index in [4.69, 9.17) is 0 Å². The maximum atomic E-state index is 12.0. The van der Waals surface area contributed by atoms with Crippen molar-refractivity contribution in [3.63, 3.8) is 0 Å². The van der Waals surface area contributed by atoms with Crippen LogP contribution in [0.1, 0.15) is 20.7 Å². The lowest BCUT2D eigenvalue weighted by Crippen LogP contribution is -2.34. The Morgan fingerprint density at radius 1 is 1.20 bits per heavy atom. The van der Waals surface area contributed by atoms with Crippen molar-refractivity contribution in [1.82, 2.24) is 4.90 Å². The largest absolute Gasteiger partial charge is 0.411 e. The summed E-state index contributed by atoms with van der Waals surface area (Å²) in [5.41, 5.74) is 0.576. The summed E-state index contributed by atoms with van der Waals surface area (Å²) >= 11 is 1.94. The number of benzene rings is 1. The van der Waals surface area contributed by atoms with E-state index in [9.17, 15) is 22.8 Å². The number of nitrogens with zero attached hydrogens (tertiary/aromatic N) is 1. The molecule has 0 saturated heterocycles. The zero-order valence-electron chi connectivity index (χ0n) is 10.0. The smallest absolute Gasteiger partial charge is 0.370 e. The number of hydrogen-bond acceptors (Lipinski definition) is 3. The third-order valence-electron chi connectivity index (χ3n) is 2.67. The van der Waals surface area contributed by atoms with E-state index in [1.54, 1.807) is 12.1 Å². The maximum absolute atomic E-state index is 12.0. The Bertz CT molecular complexity index is 559. The van der Waals surface area contributed by atoms with Gasteiger partial charge >= 0.3 is 6.18 Å². The summed E-state index contributed by atoms with van der Waals surface area (Å²) in [5, 5.41) is 0. The predicted octanol–water partition coefficient (Wildman–Crippen LogP) is 2.47. The average Bonchev–Trinajstić information content (AvgIpc) is 2.59. The Kier molecular flexibility index (Phi) is 4.33. The van der Waals surface area contributed by atoms with Gasteiger partial charge in [0.15, 0.2) is 0 Å². The van der Waals surface area contributed by atoms with Crippen molar-refractivity contribution in [3.8, 4) is 0 Å². The van der Waals surface area contributed by atoms with Gasteiger partial charge in [0.25, 0.3) is 11.8 Å². The monoisotopic (exact) mass is 399 g/mol. The highest BCUT2D eigenvalue weighted by Gasteiger charge is 2.36. The van der Waals surface area contributed by atoms with Gasteiger partial charge in [-0.25, -0.2) is 0 Å². The number of alkyl halides is 3. The minimum Gasteiger partial charge on any atom is -0.370 e. The first kappa shape index (κ1) is 15.2. The van der Waals surface area contributed by atoms with E-state index in [0.29, 0.717) is 9.13 Å². The third kappa shape index (κ3) is 3.11. The summed E-state index contributed by atoms with van der Waals surface area (Å²) in [6, 6.07) is 4.86. The first-order valence-electron chi connectivity index (χ1n) is 5.60. The molecule has 1 heterocycles. The summed E-state index contributed by atoms with van der Waals surface area (Å²) in [6.45, 7) is -1.94. The summed E-state index contributed by atoms with van der Waals surface area (Å²) < 4.78 is 40.8. The topological polar surface area (TPSA) is 46.6 Å². The molecule has 0 radical (unpaired) electrons. The van der Waals surface area contributed by atoms with E-state index in [1.807, 2.05) is 22.6 Å². The molecule has 0 aromatic heterocycles. The second kappa shape index (κ2) is 5.68. The van der Waals surface area contributed by atoms with Crippen LogP contribution in [0.5, 0.6) is 0 Å². The van der Waals surface area contributed by atoms with Gasteiger partial charge in [-0.15, -0.1) is 0 Å². The lowest BCUT2D eigenvalue weighted by molar-refractivity contribution is -0.173. The fourth-order valence-electron chi connectivity index (χ4n) is 1.84. The number of hydrogen-bond donors (Lipinski definition) is 0. The summed E-state index contributed by atoms with van der Waals surface area (Å²) in [6.07, 6.45) is -4.42. The van der Waals surface area contributed by atoms with Gasteiger partial charge in [-0.3, -0.25) is 14.5 Å². The molecule has 20 heavy (non-hydrogen) atoms. The van der Waals surface area contributed by atoms with Crippen LogP contribution in [0, 0.1) is 3.57 Å². The molecule has 8 heteroatoms. The molecule has 0 atom stereocenters. The quantitative estimate of drug-likeness (QED) is 0.444. The minimum atomic E-state index is -4.42. The Morgan fingerprint density at radius 2 is 1.90 bits per heavy atom. The van der Waals surface area contributed by atoms with Crippen LogP contribution in [0.2, 0.25) is 0 Å². The van der Waals surface area contributed by atoms with Gasteiger partial charge < -0.3 is 4.74 Å². The molecule has 0 spiro atoms. The van der Waals surface area contributed by atoms with Crippen molar-refractivity contribution >= 4 is 34.4 Å². The number of rotatable bonds is 4. The fourth-order valence-corrected chi connectivity index (χ4v) is 2.57. The molecule has 2 rings (SSSR count). The van der Waals surface area contributed by atoms with Crippen LogP contribution < -0.4 is 0 Å². The van der Waals surface area contributed by atoms with Gasteiger partial charge in [-0.2, -0.15) is 13.2 Å². The Labute approximate surface area is 126 Å². The van der Waals surface area contributed by atoms with Gasteiger partial charge in [0.05, 0.1) is 24.3 Å². The summed E-state index contributed by atoms with van der Waals surface area (Å²) in [7, 11) is 0. The van der Waals surface area contributed by atoms with Crippen LogP contribution in [-0.4, -0.2) is 42.6 Å². The Hall–Kier alpha value is -1.16. The second-order valence-corrected chi connectivity index (χ2v) is 5.25. The SMILES string of the molecule is O=C1c2cccc(I)c2C(=O)N1CCOCC(F)(F)F. The number of amides is 2. The van der Waals surface area contributed by atoms with E-state index in [-0.39, 0.29) is 18.7 Å². The zero-order chi connectivity index (χ0) is 14.9. The average molecular weight is 399 g/mol. The number of ether oxygens (including phenoxy) is 1. The van der Waals surface area contributed by atoms with Crippen LogP contribution in [0.25, 0.3) is 0 Å². The highest BCUT2D eigenvalue weighted by atomic mass is 127. The number of fused-ring (bicyclic) bond motifs is 1. The molecule has 0 fully saturated rings. The Balaban J connectivity index is 2.01. The van der Waals surface area contributed by atoms with Crippen molar-refractivity contribution in [2.24, 2.45) is 0 Å². The first-order chi connectivity index (χ1) is 9.31. The van der Waals surface area contributed by atoms with Gasteiger partial charge in [-0.1, -0.05) is 6.07 Å². The molecule has 1 aliphatic heterocycles. The van der Waals surface area contributed by atoms with Crippen LogP contribution in [0.15, 0.2) is 18.2 Å². The van der Waals surface area contributed by atoms with Gasteiger partial charge in [0.1, 0.15) is 6.61 Å². The molecule has 0 aliphatic carbocycles. The van der Waals surface area contributed by atoms with E-state index >= 15 is 0 Å². The lowest BCUT2D eigenvalue weighted by atomic mass is 10.1. The third-order valence-corrected chi connectivity index (χ3v) is 3.57. The second-order valence-electron chi connectivity index (χ2n) is 4.09. The normalized spacial score (nSPS) is 14.9. The van der Waals surface area contributed by atoms with Crippen LogP contribution in [0.4, 0.5) is 13.2 Å². The van der Waals surface area contributed by atoms with E-state index < -0.39 is 24.6 Å². The highest BCUT2D eigenvalue weighted by molar-refractivity contribution is 14.1. The molecule has 4 nitrogen and oxygen atoms in total. The van der Waals surface area contributed by atoms with E-state index in [0.717, 1.165) is 4.90 Å². The van der Waals surface area contributed by atoms with Gasteiger partial charge in [-0.05, 0) is 34.7 Å². The molecule has 0 N–H and O–H groups in total. The molecule has 1 aromatic rings. The standard InChI is InChI=1S/C12H9F3INO3/c13-12(14,15)6-20-5-4-17-10(18)7-2-1-3-8(16)9(7)11(17)19/h1-3H,4-6H2. The van der Waals surface area contributed by atoms with Crippen molar-refractivity contribution in [3.05, 3.63) is 32.9 Å². The van der Waals surface area contributed by atoms with Crippen molar-refractivity contribution < 1.29 is 27.5 Å². The van der Waals surface area contributed by atoms with Crippen LogP contribution in [0.3, 0.4) is 0 Å². The molecule has 2 amide bonds. The number of halogens is 4. The number of carbonyl (C=O) groups excluding carboxylic acids is 2. The number of carbonyl (C=O) groups is 2. The van der Waals surface area contributed by atoms with Gasteiger partial charge in [0, 0.05) is 3.57 Å². The molecule has 0 saturated carbocycles. The molecule has 1 aliphatic rings. The molecular weight excluding hydrogens is 390 g/mol. The van der Waals surface area contributed by atoms with E-state index in [2.05, 4.69) is 4.74 Å². The van der Waals surface area contributed by atoms with Gasteiger partial charge in [0.2, 0.25) is 0 Å². The number of imide groups is 1. The van der Waals surface area contributed by atoms with Crippen molar-refractivity contribution in [1.29, 1.82) is 0 Å². The van der Waals surface area contributed by atoms with Crippen LogP contribution >= 0.6 is 22.6 Å².